The van der Waals surface area contributed by atoms with E-state index in [9.17, 15) is 5.11 Å². The van der Waals surface area contributed by atoms with Crippen LogP contribution in [0.25, 0.3) is 0 Å². The number of nitrogens with one attached hydrogen (secondary N) is 1. The van der Waals surface area contributed by atoms with Crippen molar-refractivity contribution in [3.63, 3.8) is 0 Å². The van der Waals surface area contributed by atoms with Gasteiger partial charge in [0.25, 0.3) is 0 Å². The highest BCUT2D eigenvalue weighted by Crippen LogP contribution is 2.34. The van der Waals surface area contributed by atoms with Crippen LogP contribution in [-0.4, -0.2) is 11.9 Å². The zero-order chi connectivity index (χ0) is 14.8. The fraction of sp³-hybridized carbons (Fsp3) is 0.294. The lowest BCUT2D eigenvalue weighted by molar-refractivity contribution is 0.174. The molecule has 0 bridgehead atoms. The fourth-order valence-corrected chi connectivity index (χ4v) is 2.54. The third-order valence-corrected chi connectivity index (χ3v) is 3.77. The topological polar surface area (TPSA) is 50.7 Å². The minimum Gasteiger partial charge on any atom is -0.508 e. The van der Waals surface area contributed by atoms with Gasteiger partial charge in [-0.1, -0.05) is 18.2 Å². The van der Waals surface area contributed by atoms with Crippen molar-refractivity contribution in [2.45, 2.75) is 25.9 Å². The molecule has 2 atom stereocenters. The smallest absolute Gasteiger partial charge is 0.231 e. The molecule has 0 spiro atoms. The molecule has 3 rings (SSSR count). The second-order valence-corrected chi connectivity index (χ2v) is 5.32. The first kappa shape index (κ1) is 13.8. The highest BCUT2D eigenvalue weighted by molar-refractivity contribution is 5.45. The van der Waals surface area contributed by atoms with Crippen LogP contribution in [0.4, 0.5) is 0 Å². The molecule has 0 saturated carbocycles. The second-order valence-electron chi connectivity index (χ2n) is 5.32. The maximum absolute atomic E-state index is 9.56. The number of aromatic hydroxyl groups is 1. The molecule has 1 heterocycles. The first-order chi connectivity index (χ1) is 10.1. The molecule has 0 saturated heterocycles. The van der Waals surface area contributed by atoms with E-state index in [2.05, 4.69) is 19.2 Å². The predicted molar refractivity (Wildman–Crippen MR) is 80.6 cm³/mol. The van der Waals surface area contributed by atoms with Gasteiger partial charge in [0.15, 0.2) is 11.5 Å². The SMILES string of the molecule is CC(NC(C)c1ccc2c(c1)OCO2)c1cccc(O)c1. The van der Waals surface area contributed by atoms with Gasteiger partial charge >= 0.3 is 0 Å². The minimum atomic E-state index is 0.137. The van der Waals surface area contributed by atoms with E-state index in [1.165, 1.54) is 0 Å². The Morgan fingerprint density at radius 2 is 1.67 bits per heavy atom. The van der Waals surface area contributed by atoms with Gasteiger partial charge < -0.3 is 19.9 Å². The van der Waals surface area contributed by atoms with Gasteiger partial charge in [-0.05, 0) is 49.2 Å². The van der Waals surface area contributed by atoms with Gasteiger partial charge in [-0.15, -0.1) is 0 Å². The van der Waals surface area contributed by atoms with Gasteiger partial charge in [0.1, 0.15) is 5.75 Å². The van der Waals surface area contributed by atoms with Gasteiger partial charge in [-0.2, -0.15) is 0 Å². The number of hydrogen-bond donors (Lipinski definition) is 2. The van der Waals surface area contributed by atoms with E-state index >= 15 is 0 Å². The highest BCUT2D eigenvalue weighted by Gasteiger charge is 2.17. The molecule has 1 aliphatic heterocycles. The molecule has 2 N–H and O–H groups in total. The number of hydrogen-bond acceptors (Lipinski definition) is 4. The molecule has 2 aromatic rings. The summed E-state index contributed by atoms with van der Waals surface area (Å²) >= 11 is 0. The lowest BCUT2D eigenvalue weighted by Gasteiger charge is -2.21. The van der Waals surface area contributed by atoms with Crippen molar-refractivity contribution in [2.24, 2.45) is 0 Å². The van der Waals surface area contributed by atoms with Crippen LogP contribution < -0.4 is 14.8 Å². The lowest BCUT2D eigenvalue weighted by atomic mass is 10.0. The number of phenolic OH excluding ortho intramolecular Hbond substituents is 1. The molecule has 2 aromatic carbocycles. The number of fused-ring (bicyclic) bond motifs is 1. The molecule has 4 nitrogen and oxygen atoms in total. The predicted octanol–water partition coefficient (Wildman–Crippen LogP) is 3.53. The Balaban J connectivity index is 1.72. The van der Waals surface area contributed by atoms with Crippen LogP contribution in [0.15, 0.2) is 42.5 Å². The molecular weight excluding hydrogens is 266 g/mol. The summed E-state index contributed by atoms with van der Waals surface area (Å²) in [6.45, 7) is 4.48. The van der Waals surface area contributed by atoms with Gasteiger partial charge in [0, 0.05) is 12.1 Å². The van der Waals surface area contributed by atoms with Crippen LogP contribution in [0.1, 0.15) is 37.1 Å². The van der Waals surface area contributed by atoms with E-state index in [0.29, 0.717) is 6.79 Å². The summed E-state index contributed by atoms with van der Waals surface area (Å²) in [7, 11) is 0. The summed E-state index contributed by atoms with van der Waals surface area (Å²) in [5, 5.41) is 13.1. The zero-order valence-electron chi connectivity index (χ0n) is 12.2. The van der Waals surface area contributed by atoms with Crippen LogP contribution in [0.3, 0.4) is 0 Å². The van der Waals surface area contributed by atoms with Crippen molar-refractivity contribution in [1.82, 2.24) is 5.32 Å². The molecule has 0 amide bonds. The lowest BCUT2D eigenvalue weighted by Crippen LogP contribution is -2.22. The summed E-state index contributed by atoms with van der Waals surface area (Å²) in [6.07, 6.45) is 0. The largest absolute Gasteiger partial charge is 0.508 e. The van der Waals surface area contributed by atoms with Crippen molar-refractivity contribution in [2.75, 3.05) is 6.79 Å². The quantitative estimate of drug-likeness (QED) is 0.902. The Morgan fingerprint density at radius 3 is 2.43 bits per heavy atom. The van der Waals surface area contributed by atoms with Crippen LogP contribution in [0, 0.1) is 0 Å². The average Bonchev–Trinajstić information content (AvgIpc) is 2.94. The van der Waals surface area contributed by atoms with E-state index in [-0.39, 0.29) is 17.8 Å². The average molecular weight is 285 g/mol. The van der Waals surface area contributed by atoms with Crippen LogP contribution in [0.5, 0.6) is 17.2 Å². The fourth-order valence-electron chi connectivity index (χ4n) is 2.54. The molecule has 110 valence electrons. The van der Waals surface area contributed by atoms with Gasteiger partial charge in [-0.3, -0.25) is 0 Å². The summed E-state index contributed by atoms with van der Waals surface area (Å²) in [4.78, 5) is 0. The molecule has 21 heavy (non-hydrogen) atoms. The Labute approximate surface area is 124 Å². The van der Waals surface area contributed by atoms with Crippen molar-refractivity contribution < 1.29 is 14.6 Å². The second kappa shape index (κ2) is 5.66. The van der Waals surface area contributed by atoms with Gasteiger partial charge in [0.05, 0.1) is 0 Å². The molecule has 2 unspecified atom stereocenters. The highest BCUT2D eigenvalue weighted by atomic mass is 16.7. The Hall–Kier alpha value is -2.20. The van der Waals surface area contributed by atoms with Gasteiger partial charge in [0.2, 0.25) is 6.79 Å². The van der Waals surface area contributed by atoms with E-state index in [1.807, 2.05) is 30.3 Å². The summed E-state index contributed by atoms with van der Waals surface area (Å²) < 4.78 is 10.7. The van der Waals surface area contributed by atoms with Crippen LogP contribution in [0.2, 0.25) is 0 Å². The first-order valence-corrected chi connectivity index (χ1v) is 7.08. The van der Waals surface area contributed by atoms with E-state index in [1.54, 1.807) is 12.1 Å². The molecule has 1 aliphatic rings. The third kappa shape index (κ3) is 2.95. The summed E-state index contributed by atoms with van der Waals surface area (Å²) in [5.74, 6) is 1.88. The Morgan fingerprint density at radius 1 is 0.952 bits per heavy atom. The summed E-state index contributed by atoms with van der Waals surface area (Å²) in [6, 6.07) is 13.6. The maximum Gasteiger partial charge on any atom is 0.231 e. The molecular formula is C17H19NO3. The number of phenols is 1. The van der Waals surface area contributed by atoms with E-state index in [0.717, 1.165) is 22.6 Å². The maximum atomic E-state index is 9.56. The first-order valence-electron chi connectivity index (χ1n) is 7.08. The molecule has 4 heteroatoms. The number of rotatable bonds is 4. The minimum absolute atomic E-state index is 0.137. The molecule has 0 aromatic heterocycles. The Bertz CT molecular complexity index is 642. The standard InChI is InChI=1S/C17H19NO3/c1-11(13-4-3-5-15(19)8-13)18-12(2)14-6-7-16-17(9-14)21-10-20-16/h3-9,11-12,18-19H,10H2,1-2H3. The monoisotopic (exact) mass is 285 g/mol. The molecule has 0 aliphatic carbocycles. The molecule has 0 radical (unpaired) electrons. The summed E-state index contributed by atoms with van der Waals surface area (Å²) in [5.41, 5.74) is 2.20. The number of ether oxygens (including phenoxy) is 2. The molecule has 0 fully saturated rings. The Kier molecular flexibility index (Phi) is 3.71. The van der Waals surface area contributed by atoms with Crippen LogP contribution in [-0.2, 0) is 0 Å². The van der Waals surface area contributed by atoms with Crippen molar-refractivity contribution in [1.29, 1.82) is 0 Å². The van der Waals surface area contributed by atoms with Crippen molar-refractivity contribution >= 4 is 0 Å². The number of benzene rings is 2. The third-order valence-electron chi connectivity index (χ3n) is 3.77. The van der Waals surface area contributed by atoms with Crippen molar-refractivity contribution in [3.8, 4) is 17.2 Å². The van der Waals surface area contributed by atoms with Gasteiger partial charge in [-0.25, -0.2) is 0 Å². The van der Waals surface area contributed by atoms with Crippen molar-refractivity contribution in [3.05, 3.63) is 53.6 Å². The normalized spacial score (nSPS) is 15.7. The zero-order valence-corrected chi connectivity index (χ0v) is 12.2. The van der Waals surface area contributed by atoms with E-state index in [4.69, 9.17) is 9.47 Å². The van der Waals surface area contributed by atoms with E-state index < -0.39 is 0 Å². The van der Waals surface area contributed by atoms with Crippen LogP contribution >= 0.6 is 0 Å².